The van der Waals surface area contributed by atoms with Crippen LogP contribution in [0.25, 0.3) is 0 Å². The monoisotopic (exact) mass is 373 g/mol. The van der Waals surface area contributed by atoms with E-state index in [1.165, 1.54) is 6.21 Å². The molecule has 2 rings (SSSR count). The van der Waals surface area contributed by atoms with Gasteiger partial charge >= 0.3 is 0 Å². The van der Waals surface area contributed by atoms with Crippen LogP contribution >= 0.6 is 15.9 Å². The average Bonchev–Trinajstić information content (AvgIpc) is 2.55. The van der Waals surface area contributed by atoms with Gasteiger partial charge in [0.2, 0.25) is 0 Å². The molecule has 0 heterocycles. The number of rotatable bonds is 5. The Balaban J connectivity index is 1.80. The Bertz CT molecular complexity index is 727. The summed E-state index contributed by atoms with van der Waals surface area (Å²) in [4.78, 5) is 23.5. The van der Waals surface area contributed by atoms with Gasteiger partial charge in [0.05, 0.1) is 12.8 Å². The molecule has 5 nitrogen and oxygen atoms in total. The Morgan fingerprint density at radius 1 is 1.13 bits per heavy atom. The number of aryl methyl sites for hydroxylation is 1. The van der Waals surface area contributed by atoms with Gasteiger partial charge in [-0.05, 0) is 25.1 Å². The van der Waals surface area contributed by atoms with Crippen LogP contribution in [0.5, 0.6) is 0 Å². The van der Waals surface area contributed by atoms with E-state index >= 15 is 0 Å². The van der Waals surface area contributed by atoms with Crippen molar-refractivity contribution in [2.45, 2.75) is 6.92 Å². The summed E-state index contributed by atoms with van der Waals surface area (Å²) in [7, 11) is 0. The molecule has 2 N–H and O–H groups in total. The van der Waals surface area contributed by atoms with E-state index in [4.69, 9.17) is 0 Å². The van der Waals surface area contributed by atoms with Crippen molar-refractivity contribution in [3.05, 3.63) is 69.7 Å². The SMILES string of the molecule is Cc1ccc(C(=O)NCC(=O)N/N=C\c2ccccc2Br)cc1. The summed E-state index contributed by atoms with van der Waals surface area (Å²) in [6, 6.07) is 14.6. The summed E-state index contributed by atoms with van der Waals surface area (Å²) in [5.41, 5.74) is 4.80. The number of nitrogens with zero attached hydrogens (tertiary/aromatic N) is 1. The molecule has 0 fully saturated rings. The second kappa shape index (κ2) is 8.24. The van der Waals surface area contributed by atoms with Crippen molar-refractivity contribution >= 4 is 34.0 Å². The quantitative estimate of drug-likeness (QED) is 0.624. The zero-order valence-corrected chi connectivity index (χ0v) is 14.1. The molecule has 0 aliphatic heterocycles. The summed E-state index contributed by atoms with van der Waals surface area (Å²) in [5, 5.41) is 6.40. The molecule has 0 aliphatic carbocycles. The van der Waals surface area contributed by atoms with Gasteiger partial charge in [0.25, 0.3) is 11.8 Å². The summed E-state index contributed by atoms with van der Waals surface area (Å²) in [6.07, 6.45) is 1.53. The standard InChI is InChI=1S/C17H16BrN3O2/c1-12-6-8-13(9-7-12)17(23)19-11-16(22)21-20-10-14-4-2-3-5-15(14)18/h2-10H,11H2,1H3,(H,19,23)(H,21,22)/b20-10-. The van der Waals surface area contributed by atoms with E-state index in [0.717, 1.165) is 15.6 Å². The number of hydrogen-bond acceptors (Lipinski definition) is 3. The van der Waals surface area contributed by atoms with Crippen LogP contribution in [0.3, 0.4) is 0 Å². The maximum atomic E-state index is 11.9. The highest BCUT2D eigenvalue weighted by molar-refractivity contribution is 9.10. The third-order valence-corrected chi connectivity index (χ3v) is 3.74. The van der Waals surface area contributed by atoms with Crippen molar-refractivity contribution in [3.63, 3.8) is 0 Å². The summed E-state index contributed by atoms with van der Waals surface area (Å²) in [5.74, 6) is -0.691. The van der Waals surface area contributed by atoms with Crippen LogP contribution in [0.2, 0.25) is 0 Å². The summed E-state index contributed by atoms with van der Waals surface area (Å²) in [6.45, 7) is 1.80. The van der Waals surface area contributed by atoms with Crippen LogP contribution in [0.15, 0.2) is 58.1 Å². The van der Waals surface area contributed by atoms with Crippen LogP contribution in [0, 0.1) is 6.92 Å². The fourth-order valence-electron chi connectivity index (χ4n) is 1.76. The van der Waals surface area contributed by atoms with E-state index in [1.54, 1.807) is 12.1 Å². The second-order valence-corrected chi connectivity index (χ2v) is 5.72. The van der Waals surface area contributed by atoms with Crippen molar-refractivity contribution in [1.82, 2.24) is 10.7 Å². The number of carbonyl (C=O) groups is 2. The van der Waals surface area contributed by atoms with E-state index < -0.39 is 5.91 Å². The third kappa shape index (κ3) is 5.34. The van der Waals surface area contributed by atoms with E-state index in [9.17, 15) is 9.59 Å². The van der Waals surface area contributed by atoms with Gasteiger partial charge in [-0.25, -0.2) is 5.43 Å². The number of hydrazone groups is 1. The molecule has 23 heavy (non-hydrogen) atoms. The van der Waals surface area contributed by atoms with Gasteiger partial charge in [-0.1, -0.05) is 51.8 Å². The minimum atomic E-state index is -0.395. The number of hydrogen-bond donors (Lipinski definition) is 2. The van der Waals surface area contributed by atoms with Crippen molar-refractivity contribution in [2.75, 3.05) is 6.54 Å². The van der Waals surface area contributed by atoms with Gasteiger partial charge in [0.15, 0.2) is 0 Å². The van der Waals surface area contributed by atoms with E-state index in [2.05, 4.69) is 31.8 Å². The lowest BCUT2D eigenvalue weighted by Crippen LogP contribution is -2.34. The number of halogens is 1. The number of amides is 2. The van der Waals surface area contributed by atoms with Gasteiger partial charge in [0.1, 0.15) is 0 Å². The lowest BCUT2D eigenvalue weighted by molar-refractivity contribution is -0.120. The topological polar surface area (TPSA) is 70.6 Å². The predicted octanol–water partition coefficient (Wildman–Crippen LogP) is 2.64. The molecular formula is C17H16BrN3O2. The van der Waals surface area contributed by atoms with Gasteiger partial charge in [-0.3, -0.25) is 9.59 Å². The normalized spacial score (nSPS) is 10.5. The maximum absolute atomic E-state index is 11.9. The highest BCUT2D eigenvalue weighted by Gasteiger charge is 2.07. The molecule has 118 valence electrons. The minimum Gasteiger partial charge on any atom is -0.343 e. The Labute approximate surface area is 142 Å². The molecule has 6 heteroatoms. The molecule has 0 saturated heterocycles. The van der Waals surface area contributed by atoms with Crippen LogP contribution in [-0.2, 0) is 4.79 Å². The molecule has 0 saturated carbocycles. The van der Waals surface area contributed by atoms with Crippen LogP contribution in [0.4, 0.5) is 0 Å². The molecule has 0 aromatic heterocycles. The summed E-state index contributed by atoms with van der Waals surface area (Å²) >= 11 is 3.38. The zero-order valence-electron chi connectivity index (χ0n) is 12.5. The molecule has 0 atom stereocenters. The van der Waals surface area contributed by atoms with Crippen molar-refractivity contribution < 1.29 is 9.59 Å². The fourth-order valence-corrected chi connectivity index (χ4v) is 2.15. The molecule has 0 bridgehead atoms. The highest BCUT2D eigenvalue weighted by Crippen LogP contribution is 2.13. The molecule has 2 aromatic carbocycles. The molecule has 2 aromatic rings. The molecule has 0 unspecified atom stereocenters. The molecule has 0 aliphatic rings. The van der Waals surface area contributed by atoms with E-state index in [0.29, 0.717) is 5.56 Å². The first-order valence-electron chi connectivity index (χ1n) is 6.97. The Hall–Kier alpha value is -2.47. The Kier molecular flexibility index (Phi) is 6.05. The van der Waals surface area contributed by atoms with E-state index in [1.807, 2.05) is 43.3 Å². The summed E-state index contributed by atoms with van der Waals surface area (Å²) < 4.78 is 0.880. The van der Waals surface area contributed by atoms with Crippen LogP contribution < -0.4 is 10.7 Å². The van der Waals surface area contributed by atoms with Gasteiger partial charge in [-0.2, -0.15) is 5.10 Å². The average molecular weight is 374 g/mol. The van der Waals surface area contributed by atoms with Gasteiger partial charge in [0, 0.05) is 15.6 Å². The van der Waals surface area contributed by atoms with Gasteiger partial charge in [-0.15, -0.1) is 0 Å². The largest absolute Gasteiger partial charge is 0.343 e. The Morgan fingerprint density at radius 3 is 2.52 bits per heavy atom. The first-order chi connectivity index (χ1) is 11.1. The molecule has 2 amide bonds. The lowest BCUT2D eigenvalue weighted by Gasteiger charge is -2.04. The van der Waals surface area contributed by atoms with Crippen LogP contribution in [-0.4, -0.2) is 24.6 Å². The maximum Gasteiger partial charge on any atom is 0.259 e. The number of nitrogens with one attached hydrogen (secondary N) is 2. The number of carbonyl (C=O) groups excluding carboxylic acids is 2. The van der Waals surface area contributed by atoms with Crippen LogP contribution in [0.1, 0.15) is 21.5 Å². The first-order valence-corrected chi connectivity index (χ1v) is 7.77. The van der Waals surface area contributed by atoms with E-state index in [-0.39, 0.29) is 12.5 Å². The molecular weight excluding hydrogens is 358 g/mol. The molecule has 0 radical (unpaired) electrons. The third-order valence-electron chi connectivity index (χ3n) is 3.02. The lowest BCUT2D eigenvalue weighted by atomic mass is 10.1. The second-order valence-electron chi connectivity index (χ2n) is 4.86. The van der Waals surface area contributed by atoms with Crippen molar-refractivity contribution in [1.29, 1.82) is 0 Å². The first kappa shape index (κ1) is 16.9. The van der Waals surface area contributed by atoms with Crippen molar-refractivity contribution in [3.8, 4) is 0 Å². The highest BCUT2D eigenvalue weighted by atomic mass is 79.9. The zero-order chi connectivity index (χ0) is 16.7. The fraction of sp³-hybridized carbons (Fsp3) is 0.118. The van der Waals surface area contributed by atoms with Crippen molar-refractivity contribution in [2.24, 2.45) is 5.10 Å². The molecule has 0 spiro atoms. The smallest absolute Gasteiger partial charge is 0.259 e. The minimum absolute atomic E-state index is 0.139. The van der Waals surface area contributed by atoms with Gasteiger partial charge < -0.3 is 5.32 Å². The Morgan fingerprint density at radius 2 is 1.83 bits per heavy atom. The predicted molar refractivity (Wildman–Crippen MR) is 93.4 cm³/mol. The number of benzene rings is 2.